The third-order valence-corrected chi connectivity index (χ3v) is 5.48. The van der Waals surface area contributed by atoms with Crippen molar-refractivity contribution >= 4 is 27.6 Å². The lowest BCUT2D eigenvalue weighted by atomic mass is 10.2. The topological polar surface area (TPSA) is 94.8 Å². The predicted octanol–water partition coefficient (Wildman–Crippen LogP) is 3.65. The highest BCUT2D eigenvalue weighted by Gasteiger charge is 2.16. The molecule has 1 heterocycles. The van der Waals surface area contributed by atoms with E-state index in [1.165, 1.54) is 30.5 Å². The van der Waals surface area contributed by atoms with E-state index in [1.54, 1.807) is 36.4 Å². The van der Waals surface area contributed by atoms with Crippen LogP contribution in [0, 0.1) is 0 Å². The summed E-state index contributed by atoms with van der Waals surface area (Å²) >= 11 is 5.79. The highest BCUT2D eigenvalue weighted by Crippen LogP contribution is 2.16. The summed E-state index contributed by atoms with van der Waals surface area (Å²) in [6.45, 7) is 0.259. The van der Waals surface area contributed by atoms with Gasteiger partial charge in [-0.25, -0.2) is 17.9 Å². The molecule has 7 nitrogen and oxygen atoms in total. The van der Waals surface area contributed by atoms with Crippen molar-refractivity contribution in [3.8, 4) is 5.75 Å². The normalized spacial score (nSPS) is 11.2. The highest BCUT2D eigenvalue weighted by molar-refractivity contribution is 7.89. The average Bonchev–Trinajstić information content (AvgIpc) is 3.25. The molecule has 2 aromatic carbocycles. The van der Waals surface area contributed by atoms with Gasteiger partial charge in [0, 0.05) is 5.02 Å². The molecule has 0 spiro atoms. The summed E-state index contributed by atoms with van der Waals surface area (Å²) in [6, 6.07) is 15.6. The van der Waals surface area contributed by atoms with Gasteiger partial charge < -0.3 is 13.9 Å². The molecule has 29 heavy (non-hydrogen) atoms. The van der Waals surface area contributed by atoms with Crippen LogP contribution in [0.1, 0.15) is 16.1 Å². The van der Waals surface area contributed by atoms with Crippen LogP contribution in [0.5, 0.6) is 5.75 Å². The third kappa shape index (κ3) is 6.08. The van der Waals surface area contributed by atoms with Crippen LogP contribution in [-0.2, 0) is 21.3 Å². The Kier molecular flexibility index (Phi) is 6.92. The molecule has 0 aliphatic carbocycles. The Morgan fingerprint density at radius 1 is 1.00 bits per heavy atom. The molecular weight excluding hydrogens is 418 g/mol. The fraction of sp³-hybridized carbons (Fsp3) is 0.150. The van der Waals surface area contributed by atoms with Crippen LogP contribution >= 0.6 is 11.6 Å². The van der Waals surface area contributed by atoms with Gasteiger partial charge in [-0.1, -0.05) is 11.6 Å². The van der Waals surface area contributed by atoms with Gasteiger partial charge in [-0.2, -0.15) is 0 Å². The van der Waals surface area contributed by atoms with Crippen LogP contribution in [0.3, 0.4) is 0 Å². The molecule has 0 radical (unpaired) electrons. The summed E-state index contributed by atoms with van der Waals surface area (Å²) < 4.78 is 42.6. The van der Waals surface area contributed by atoms with E-state index in [0.29, 0.717) is 16.5 Å². The maximum absolute atomic E-state index is 12.3. The predicted molar refractivity (Wildman–Crippen MR) is 106 cm³/mol. The Morgan fingerprint density at radius 3 is 2.38 bits per heavy atom. The van der Waals surface area contributed by atoms with Crippen LogP contribution in [0.25, 0.3) is 0 Å². The highest BCUT2D eigenvalue weighted by atomic mass is 35.5. The van der Waals surface area contributed by atoms with Gasteiger partial charge in [-0.3, -0.25) is 0 Å². The van der Waals surface area contributed by atoms with Gasteiger partial charge in [0.15, 0.2) is 0 Å². The monoisotopic (exact) mass is 435 g/mol. The van der Waals surface area contributed by atoms with Gasteiger partial charge in [-0.15, -0.1) is 0 Å². The lowest BCUT2D eigenvalue weighted by Gasteiger charge is -2.08. The maximum Gasteiger partial charge on any atom is 0.338 e. The first-order valence-corrected chi connectivity index (χ1v) is 10.5. The van der Waals surface area contributed by atoms with Gasteiger partial charge in [0.1, 0.15) is 24.7 Å². The molecular formula is C20H18ClNO6S. The van der Waals surface area contributed by atoms with Gasteiger partial charge in [-0.05, 0) is 60.7 Å². The number of carbonyl (C=O) groups excluding carboxylic acids is 1. The van der Waals surface area contributed by atoms with Crippen LogP contribution in [0.4, 0.5) is 0 Å². The minimum atomic E-state index is -3.72. The Labute approximate surface area is 173 Å². The quantitative estimate of drug-likeness (QED) is 0.407. The molecule has 3 aromatic rings. The second-order valence-corrected chi connectivity index (χ2v) is 8.07. The first-order valence-electron chi connectivity index (χ1n) is 8.62. The lowest BCUT2D eigenvalue weighted by Crippen LogP contribution is -2.23. The number of esters is 1. The largest absolute Gasteiger partial charge is 0.490 e. The van der Waals surface area contributed by atoms with E-state index < -0.39 is 16.0 Å². The fourth-order valence-corrected chi connectivity index (χ4v) is 3.46. The number of furan rings is 1. The van der Waals surface area contributed by atoms with E-state index >= 15 is 0 Å². The van der Waals surface area contributed by atoms with Gasteiger partial charge in [0.05, 0.1) is 23.3 Å². The molecule has 0 unspecified atom stereocenters. The van der Waals surface area contributed by atoms with Crippen molar-refractivity contribution in [3.63, 3.8) is 0 Å². The van der Waals surface area contributed by atoms with E-state index in [4.69, 9.17) is 25.5 Å². The number of benzene rings is 2. The molecule has 1 aromatic heterocycles. The minimum absolute atomic E-state index is 0.0340. The molecule has 0 saturated heterocycles. The van der Waals surface area contributed by atoms with Gasteiger partial charge in [0.2, 0.25) is 10.0 Å². The average molecular weight is 436 g/mol. The lowest BCUT2D eigenvalue weighted by molar-refractivity contribution is 0.0450. The van der Waals surface area contributed by atoms with Crippen LogP contribution in [0.2, 0.25) is 5.02 Å². The zero-order valence-corrected chi connectivity index (χ0v) is 16.8. The summed E-state index contributed by atoms with van der Waals surface area (Å²) in [5.41, 5.74) is 0.237. The van der Waals surface area contributed by atoms with Crippen molar-refractivity contribution in [1.29, 1.82) is 0 Å². The molecule has 1 N–H and O–H groups in total. The first kappa shape index (κ1) is 20.9. The van der Waals surface area contributed by atoms with Crippen LogP contribution in [-0.4, -0.2) is 27.6 Å². The van der Waals surface area contributed by atoms with E-state index in [9.17, 15) is 13.2 Å². The smallest absolute Gasteiger partial charge is 0.338 e. The van der Waals surface area contributed by atoms with Gasteiger partial charge >= 0.3 is 5.97 Å². The molecule has 0 aliphatic heterocycles. The van der Waals surface area contributed by atoms with Crippen LogP contribution < -0.4 is 9.46 Å². The second-order valence-electron chi connectivity index (χ2n) is 5.87. The second kappa shape index (κ2) is 9.60. The minimum Gasteiger partial charge on any atom is -0.490 e. The number of nitrogens with one attached hydrogen (secondary N) is 1. The van der Waals surface area contributed by atoms with Crippen molar-refractivity contribution < 1.29 is 27.1 Å². The molecule has 0 aliphatic rings. The van der Waals surface area contributed by atoms with Gasteiger partial charge in [0.25, 0.3) is 0 Å². The number of hydrogen-bond donors (Lipinski definition) is 1. The zero-order chi connectivity index (χ0) is 20.7. The Hall–Kier alpha value is -2.81. The third-order valence-electron chi connectivity index (χ3n) is 3.82. The molecule has 9 heteroatoms. The SMILES string of the molecule is O=C(OCCOc1ccc(Cl)cc1)c1ccc(S(=O)(=O)NCc2ccco2)cc1. The molecule has 0 saturated carbocycles. The van der Waals surface area contributed by atoms with Crippen LogP contribution in [0.15, 0.2) is 76.2 Å². The zero-order valence-electron chi connectivity index (χ0n) is 15.2. The summed E-state index contributed by atoms with van der Waals surface area (Å²) in [5.74, 6) is 0.536. The van der Waals surface area contributed by atoms with Crippen molar-refractivity contribution in [2.45, 2.75) is 11.4 Å². The van der Waals surface area contributed by atoms with Crippen molar-refractivity contribution in [3.05, 3.63) is 83.3 Å². The number of rotatable bonds is 9. The van der Waals surface area contributed by atoms with E-state index in [1.807, 2.05) is 0 Å². The molecule has 0 fully saturated rings. The molecule has 0 atom stereocenters. The number of ether oxygens (including phenoxy) is 2. The number of sulfonamides is 1. The van der Waals surface area contributed by atoms with Crippen molar-refractivity contribution in [2.75, 3.05) is 13.2 Å². The molecule has 0 amide bonds. The Balaban J connectivity index is 1.48. The standard InChI is InChI=1S/C20H18ClNO6S/c21-16-5-7-17(8-6-16)27-12-13-28-20(23)15-3-9-19(10-4-15)29(24,25)22-14-18-2-1-11-26-18/h1-11,22H,12-14H2. The number of carbonyl (C=O) groups is 1. The summed E-state index contributed by atoms with van der Waals surface area (Å²) in [6.07, 6.45) is 1.46. The number of hydrogen-bond acceptors (Lipinski definition) is 6. The molecule has 152 valence electrons. The van der Waals surface area contributed by atoms with E-state index in [2.05, 4.69) is 4.72 Å². The molecule has 3 rings (SSSR count). The Morgan fingerprint density at radius 2 is 1.72 bits per heavy atom. The first-order chi connectivity index (χ1) is 13.9. The maximum atomic E-state index is 12.3. The fourth-order valence-electron chi connectivity index (χ4n) is 2.34. The number of halogens is 1. The summed E-state index contributed by atoms with van der Waals surface area (Å²) in [7, 11) is -3.72. The summed E-state index contributed by atoms with van der Waals surface area (Å²) in [5, 5.41) is 0.602. The summed E-state index contributed by atoms with van der Waals surface area (Å²) in [4.78, 5) is 12.1. The van der Waals surface area contributed by atoms with Crippen molar-refractivity contribution in [1.82, 2.24) is 4.72 Å². The van der Waals surface area contributed by atoms with E-state index in [-0.39, 0.29) is 30.2 Å². The van der Waals surface area contributed by atoms with Crippen molar-refractivity contribution in [2.24, 2.45) is 0 Å². The van der Waals surface area contributed by atoms with E-state index in [0.717, 1.165) is 0 Å². The Bertz CT molecular complexity index is 1030. The molecule has 0 bridgehead atoms.